The van der Waals surface area contributed by atoms with Crippen LogP contribution in [0.15, 0.2) is 6.07 Å². The molecule has 2 heterocycles. The summed E-state index contributed by atoms with van der Waals surface area (Å²) >= 11 is 0. The fraction of sp³-hybridized carbons (Fsp3) is 0.417. The number of aromatic nitrogens is 2. The highest BCUT2D eigenvalue weighted by Crippen LogP contribution is 2.24. The molecule has 2 aromatic heterocycles. The molecule has 0 aliphatic heterocycles. The third-order valence-corrected chi connectivity index (χ3v) is 2.80. The zero-order valence-electron chi connectivity index (χ0n) is 9.23. The van der Waals surface area contributed by atoms with Crippen LogP contribution in [0.1, 0.15) is 29.6 Å². The van der Waals surface area contributed by atoms with Crippen molar-refractivity contribution in [2.45, 2.75) is 34.1 Å². The van der Waals surface area contributed by atoms with Gasteiger partial charge in [-0.05, 0) is 38.8 Å². The normalized spacial score (nSPS) is 11.1. The van der Waals surface area contributed by atoms with Gasteiger partial charge in [-0.3, -0.25) is 4.98 Å². The van der Waals surface area contributed by atoms with Gasteiger partial charge in [-0.15, -0.1) is 0 Å². The summed E-state index contributed by atoms with van der Waals surface area (Å²) in [5.41, 5.74) is 6.12. The lowest BCUT2D eigenvalue weighted by Crippen LogP contribution is -1.87. The van der Waals surface area contributed by atoms with Crippen molar-refractivity contribution in [1.82, 2.24) is 9.97 Å². The molecule has 0 aromatic carbocycles. The second kappa shape index (κ2) is 3.12. The molecule has 0 atom stereocenters. The standard InChI is InChI=1S/C12H16N2/c1-5-10-8(3)12-9(4)13-7(2)6-11(12)14-10/h6,14H,5H2,1-4H3. The molecule has 0 saturated carbocycles. The zero-order chi connectivity index (χ0) is 10.3. The van der Waals surface area contributed by atoms with Gasteiger partial charge in [-0.2, -0.15) is 0 Å². The third-order valence-electron chi connectivity index (χ3n) is 2.80. The number of aryl methyl sites for hydroxylation is 4. The first kappa shape index (κ1) is 9.25. The highest BCUT2D eigenvalue weighted by atomic mass is 14.8. The molecule has 1 N–H and O–H groups in total. The molecule has 0 fully saturated rings. The van der Waals surface area contributed by atoms with Gasteiger partial charge in [0.25, 0.3) is 0 Å². The van der Waals surface area contributed by atoms with Gasteiger partial charge in [-0.25, -0.2) is 0 Å². The molecule has 0 aliphatic carbocycles. The number of hydrogen-bond acceptors (Lipinski definition) is 1. The molecule has 0 radical (unpaired) electrons. The minimum Gasteiger partial charge on any atom is -0.358 e. The predicted octanol–water partition coefficient (Wildman–Crippen LogP) is 3.05. The Labute approximate surface area is 84.4 Å². The van der Waals surface area contributed by atoms with E-state index < -0.39 is 0 Å². The van der Waals surface area contributed by atoms with Gasteiger partial charge < -0.3 is 4.98 Å². The van der Waals surface area contributed by atoms with E-state index in [9.17, 15) is 0 Å². The Balaban J connectivity index is 2.85. The van der Waals surface area contributed by atoms with E-state index in [4.69, 9.17) is 0 Å². The molecule has 0 bridgehead atoms. The van der Waals surface area contributed by atoms with Gasteiger partial charge in [0, 0.05) is 28.0 Å². The Morgan fingerprint density at radius 3 is 2.64 bits per heavy atom. The summed E-state index contributed by atoms with van der Waals surface area (Å²) in [6.45, 7) is 8.46. The fourth-order valence-corrected chi connectivity index (χ4v) is 2.16. The number of fused-ring (bicyclic) bond motifs is 1. The lowest BCUT2D eigenvalue weighted by Gasteiger charge is -1.99. The molecular weight excluding hydrogens is 172 g/mol. The van der Waals surface area contributed by atoms with Gasteiger partial charge in [-0.1, -0.05) is 6.92 Å². The van der Waals surface area contributed by atoms with Gasteiger partial charge in [0.05, 0.1) is 0 Å². The van der Waals surface area contributed by atoms with Crippen LogP contribution in [0.4, 0.5) is 0 Å². The molecule has 2 heteroatoms. The molecule has 2 nitrogen and oxygen atoms in total. The van der Waals surface area contributed by atoms with Crippen LogP contribution in [0.5, 0.6) is 0 Å². The van der Waals surface area contributed by atoms with Gasteiger partial charge >= 0.3 is 0 Å². The van der Waals surface area contributed by atoms with E-state index in [1.54, 1.807) is 0 Å². The van der Waals surface area contributed by atoms with E-state index in [2.05, 4.69) is 36.8 Å². The Kier molecular flexibility index (Phi) is 2.06. The van der Waals surface area contributed by atoms with Gasteiger partial charge in [0.15, 0.2) is 0 Å². The summed E-state index contributed by atoms with van der Waals surface area (Å²) in [5, 5.41) is 1.30. The maximum atomic E-state index is 4.49. The van der Waals surface area contributed by atoms with Crippen molar-refractivity contribution in [3.8, 4) is 0 Å². The summed E-state index contributed by atoms with van der Waals surface area (Å²) < 4.78 is 0. The number of nitrogens with zero attached hydrogens (tertiary/aromatic N) is 1. The van der Waals surface area contributed by atoms with Gasteiger partial charge in [0.1, 0.15) is 0 Å². The quantitative estimate of drug-likeness (QED) is 0.732. The molecule has 74 valence electrons. The van der Waals surface area contributed by atoms with E-state index in [1.807, 2.05) is 6.92 Å². The first-order chi connectivity index (χ1) is 6.63. The third kappa shape index (κ3) is 1.22. The van der Waals surface area contributed by atoms with Crippen LogP contribution in [0.3, 0.4) is 0 Å². The first-order valence-electron chi connectivity index (χ1n) is 5.09. The van der Waals surface area contributed by atoms with Crippen molar-refractivity contribution >= 4 is 10.9 Å². The van der Waals surface area contributed by atoms with Crippen LogP contribution < -0.4 is 0 Å². The average Bonchev–Trinajstić information content (AvgIpc) is 2.42. The van der Waals surface area contributed by atoms with Crippen molar-refractivity contribution in [2.75, 3.05) is 0 Å². The van der Waals surface area contributed by atoms with Gasteiger partial charge in [0.2, 0.25) is 0 Å². The second-order valence-corrected chi connectivity index (χ2v) is 3.85. The van der Waals surface area contributed by atoms with Crippen LogP contribution in [-0.2, 0) is 6.42 Å². The molecule has 0 amide bonds. The Morgan fingerprint density at radius 2 is 2.00 bits per heavy atom. The predicted molar refractivity (Wildman–Crippen MR) is 59.7 cm³/mol. The Bertz CT molecular complexity index is 481. The van der Waals surface area contributed by atoms with Crippen molar-refractivity contribution in [2.24, 2.45) is 0 Å². The summed E-state index contributed by atoms with van der Waals surface area (Å²) in [5.74, 6) is 0. The highest BCUT2D eigenvalue weighted by Gasteiger charge is 2.09. The monoisotopic (exact) mass is 188 g/mol. The smallest absolute Gasteiger partial charge is 0.0495 e. The molecule has 0 saturated heterocycles. The maximum Gasteiger partial charge on any atom is 0.0495 e. The molecule has 2 rings (SSSR count). The van der Waals surface area contributed by atoms with Crippen molar-refractivity contribution in [1.29, 1.82) is 0 Å². The number of hydrogen-bond donors (Lipinski definition) is 1. The molecule has 14 heavy (non-hydrogen) atoms. The van der Waals surface area contributed by atoms with E-state index in [0.717, 1.165) is 17.8 Å². The van der Waals surface area contributed by atoms with Crippen LogP contribution in [0, 0.1) is 20.8 Å². The van der Waals surface area contributed by atoms with Crippen molar-refractivity contribution in [3.63, 3.8) is 0 Å². The summed E-state index contributed by atoms with van der Waals surface area (Å²) in [6.07, 6.45) is 1.05. The molecule has 2 aromatic rings. The molecular formula is C12H16N2. The minimum atomic E-state index is 1.05. The number of H-pyrrole nitrogens is 1. The number of nitrogens with one attached hydrogen (secondary N) is 1. The lowest BCUT2D eigenvalue weighted by atomic mass is 10.1. The average molecular weight is 188 g/mol. The van der Waals surface area contributed by atoms with Crippen LogP contribution in [0.2, 0.25) is 0 Å². The summed E-state index contributed by atoms with van der Waals surface area (Å²) in [4.78, 5) is 7.95. The summed E-state index contributed by atoms with van der Waals surface area (Å²) in [6, 6.07) is 2.12. The lowest BCUT2D eigenvalue weighted by molar-refractivity contribution is 1.05. The van der Waals surface area contributed by atoms with Crippen molar-refractivity contribution in [3.05, 3.63) is 28.7 Å². The first-order valence-corrected chi connectivity index (χ1v) is 5.09. The number of pyridine rings is 1. The highest BCUT2D eigenvalue weighted by molar-refractivity contribution is 5.86. The van der Waals surface area contributed by atoms with Crippen molar-refractivity contribution < 1.29 is 0 Å². The minimum absolute atomic E-state index is 1.05. The molecule has 0 aliphatic rings. The Hall–Kier alpha value is -1.31. The van der Waals surface area contributed by atoms with Crippen LogP contribution in [0.25, 0.3) is 10.9 Å². The number of aromatic amines is 1. The summed E-state index contributed by atoms with van der Waals surface area (Å²) in [7, 11) is 0. The maximum absolute atomic E-state index is 4.49. The molecule has 0 spiro atoms. The van der Waals surface area contributed by atoms with E-state index in [1.165, 1.54) is 22.2 Å². The molecule has 0 unspecified atom stereocenters. The Morgan fingerprint density at radius 1 is 1.29 bits per heavy atom. The van der Waals surface area contributed by atoms with Crippen LogP contribution in [-0.4, -0.2) is 9.97 Å². The topological polar surface area (TPSA) is 28.7 Å². The zero-order valence-corrected chi connectivity index (χ0v) is 9.23. The van der Waals surface area contributed by atoms with E-state index in [-0.39, 0.29) is 0 Å². The SMILES string of the molecule is CCc1[nH]c2cc(C)nc(C)c2c1C. The second-order valence-electron chi connectivity index (χ2n) is 3.85. The number of rotatable bonds is 1. The van der Waals surface area contributed by atoms with Crippen LogP contribution >= 0.6 is 0 Å². The fourth-order valence-electron chi connectivity index (χ4n) is 2.16. The van der Waals surface area contributed by atoms with E-state index >= 15 is 0 Å². The van der Waals surface area contributed by atoms with E-state index in [0.29, 0.717) is 0 Å². The largest absolute Gasteiger partial charge is 0.358 e.